The van der Waals surface area contributed by atoms with Gasteiger partial charge >= 0.3 is 0 Å². The Balaban J connectivity index is 2.22. The Morgan fingerprint density at radius 1 is 1.33 bits per heavy atom. The van der Waals surface area contributed by atoms with Gasteiger partial charge in [0.05, 0.1) is 22.9 Å². The molecule has 5 nitrogen and oxygen atoms in total. The molecule has 2 N–H and O–H groups in total. The lowest BCUT2D eigenvalue weighted by Crippen LogP contribution is -2.23. The van der Waals surface area contributed by atoms with E-state index in [1.165, 1.54) is 5.56 Å². The third-order valence-electron chi connectivity index (χ3n) is 3.60. The summed E-state index contributed by atoms with van der Waals surface area (Å²) in [7, 11) is 0. The second kappa shape index (κ2) is 5.54. The average molecular weight is 302 g/mol. The van der Waals surface area contributed by atoms with Gasteiger partial charge in [0.1, 0.15) is 17.0 Å². The highest BCUT2D eigenvalue weighted by molar-refractivity contribution is 7.26. The summed E-state index contributed by atoms with van der Waals surface area (Å²) in [6.45, 7) is 6.21. The highest BCUT2D eigenvalue weighted by Crippen LogP contribution is 2.36. The van der Waals surface area contributed by atoms with E-state index in [0.29, 0.717) is 0 Å². The second-order valence-corrected chi connectivity index (χ2v) is 6.19. The van der Waals surface area contributed by atoms with Crippen LogP contribution in [-0.2, 0) is 0 Å². The van der Waals surface area contributed by atoms with Crippen LogP contribution in [0.25, 0.3) is 20.4 Å². The number of pyridine rings is 1. The number of nitrogens with zero attached hydrogens (tertiary/aromatic N) is 3. The van der Waals surface area contributed by atoms with Crippen molar-refractivity contribution in [3.05, 3.63) is 23.7 Å². The van der Waals surface area contributed by atoms with Gasteiger partial charge in [0.2, 0.25) is 0 Å². The number of nitrogens with one attached hydrogen (secondary N) is 1. The molecule has 3 aromatic rings. The lowest BCUT2D eigenvalue weighted by molar-refractivity contribution is 0.271. The van der Waals surface area contributed by atoms with E-state index in [2.05, 4.69) is 33.3 Å². The minimum absolute atomic E-state index is 0.00380. The van der Waals surface area contributed by atoms with Crippen LogP contribution in [0.4, 0.5) is 5.82 Å². The third kappa shape index (κ3) is 2.45. The van der Waals surface area contributed by atoms with Gasteiger partial charge in [-0.25, -0.2) is 15.0 Å². The van der Waals surface area contributed by atoms with E-state index in [0.717, 1.165) is 38.4 Å². The largest absolute Gasteiger partial charge is 0.394 e. The van der Waals surface area contributed by atoms with Crippen LogP contribution in [0.5, 0.6) is 0 Å². The second-order valence-electron chi connectivity index (χ2n) is 5.19. The van der Waals surface area contributed by atoms with Gasteiger partial charge in [-0.3, -0.25) is 0 Å². The Labute approximate surface area is 127 Å². The van der Waals surface area contributed by atoms with E-state index < -0.39 is 0 Å². The van der Waals surface area contributed by atoms with Crippen molar-refractivity contribution in [3.63, 3.8) is 0 Å². The van der Waals surface area contributed by atoms with E-state index in [1.54, 1.807) is 17.7 Å². The summed E-state index contributed by atoms with van der Waals surface area (Å²) in [4.78, 5) is 14.4. The molecule has 0 spiro atoms. The van der Waals surface area contributed by atoms with Crippen molar-refractivity contribution >= 4 is 37.6 Å². The number of thiophene rings is 1. The molecule has 0 amide bonds. The number of aliphatic hydroxyl groups excluding tert-OH is 1. The molecule has 0 saturated carbocycles. The van der Waals surface area contributed by atoms with Crippen molar-refractivity contribution in [1.82, 2.24) is 15.0 Å². The number of hydrogen-bond donors (Lipinski definition) is 2. The summed E-state index contributed by atoms with van der Waals surface area (Å²) in [5.74, 6) is 0.779. The fourth-order valence-electron chi connectivity index (χ4n) is 2.48. The zero-order valence-electron chi connectivity index (χ0n) is 12.3. The van der Waals surface area contributed by atoms with Crippen LogP contribution in [0, 0.1) is 13.8 Å². The molecule has 0 aromatic carbocycles. The van der Waals surface area contributed by atoms with Crippen LogP contribution in [0.1, 0.15) is 24.6 Å². The number of anilines is 1. The standard InChI is InChI=1S/C15H18N4OS/c1-4-10(6-20)19-14-13-12(16-7-17-14)11-8(2)5-9(3)18-15(11)21-13/h5,7,10,20H,4,6H2,1-3H3,(H,16,17,19). The molecule has 0 bridgehead atoms. The molecule has 21 heavy (non-hydrogen) atoms. The summed E-state index contributed by atoms with van der Waals surface area (Å²) in [6, 6.07) is 2.08. The van der Waals surface area contributed by atoms with Crippen LogP contribution in [0.15, 0.2) is 12.4 Å². The molecule has 3 rings (SSSR count). The minimum atomic E-state index is 0.00380. The lowest BCUT2D eigenvalue weighted by atomic mass is 10.1. The van der Waals surface area contributed by atoms with Gasteiger partial charge in [-0.2, -0.15) is 0 Å². The summed E-state index contributed by atoms with van der Waals surface area (Å²) in [5, 5.41) is 13.8. The first-order valence-corrected chi connectivity index (χ1v) is 7.84. The van der Waals surface area contributed by atoms with Crippen molar-refractivity contribution in [1.29, 1.82) is 0 Å². The number of aromatic nitrogens is 3. The van der Waals surface area contributed by atoms with E-state index in [1.807, 2.05) is 13.8 Å². The van der Waals surface area contributed by atoms with E-state index in [-0.39, 0.29) is 12.6 Å². The van der Waals surface area contributed by atoms with Crippen molar-refractivity contribution in [2.45, 2.75) is 33.2 Å². The molecule has 110 valence electrons. The summed E-state index contributed by atoms with van der Waals surface area (Å²) < 4.78 is 1.00. The van der Waals surface area contributed by atoms with Crippen molar-refractivity contribution in [2.24, 2.45) is 0 Å². The zero-order valence-corrected chi connectivity index (χ0v) is 13.2. The molecule has 0 aliphatic carbocycles. The Bertz CT molecular complexity index is 795. The number of aliphatic hydroxyl groups is 1. The highest BCUT2D eigenvalue weighted by Gasteiger charge is 2.16. The number of aryl methyl sites for hydroxylation is 2. The molecule has 3 aromatic heterocycles. The molecule has 1 unspecified atom stereocenters. The van der Waals surface area contributed by atoms with Gasteiger partial charge in [-0.15, -0.1) is 11.3 Å². The zero-order chi connectivity index (χ0) is 15.0. The fraction of sp³-hybridized carbons (Fsp3) is 0.400. The molecule has 0 aliphatic rings. The van der Waals surface area contributed by atoms with Gasteiger partial charge in [-0.1, -0.05) is 6.92 Å². The van der Waals surface area contributed by atoms with Crippen molar-refractivity contribution in [3.8, 4) is 0 Å². The van der Waals surface area contributed by atoms with Crippen molar-refractivity contribution in [2.75, 3.05) is 11.9 Å². The number of rotatable bonds is 4. The molecular weight excluding hydrogens is 284 g/mol. The summed E-state index contributed by atoms with van der Waals surface area (Å²) in [6.07, 6.45) is 2.41. The molecule has 0 aliphatic heterocycles. The molecule has 1 atom stereocenters. The minimum Gasteiger partial charge on any atom is -0.394 e. The SMILES string of the molecule is CCC(CO)Nc1ncnc2c1sc1nc(C)cc(C)c12. The molecule has 0 fully saturated rings. The smallest absolute Gasteiger partial charge is 0.147 e. The quantitative estimate of drug-likeness (QED) is 0.775. The highest BCUT2D eigenvalue weighted by atomic mass is 32.1. The van der Waals surface area contributed by atoms with Gasteiger partial charge in [0, 0.05) is 11.1 Å². The van der Waals surface area contributed by atoms with Crippen molar-refractivity contribution < 1.29 is 5.11 Å². The molecule has 0 saturated heterocycles. The van der Waals surface area contributed by atoms with Crippen LogP contribution in [0.2, 0.25) is 0 Å². The average Bonchev–Trinajstić information content (AvgIpc) is 2.83. The first kappa shape index (κ1) is 14.2. The Morgan fingerprint density at radius 2 is 2.14 bits per heavy atom. The Morgan fingerprint density at radius 3 is 2.86 bits per heavy atom. The van der Waals surface area contributed by atoms with E-state index >= 15 is 0 Å². The van der Waals surface area contributed by atoms with Crippen LogP contribution in [-0.4, -0.2) is 32.7 Å². The predicted octanol–water partition coefficient (Wildman–Crippen LogP) is 3.04. The predicted molar refractivity (Wildman–Crippen MR) is 87.0 cm³/mol. The lowest BCUT2D eigenvalue weighted by Gasteiger charge is -2.14. The molecule has 6 heteroatoms. The molecule has 0 radical (unpaired) electrons. The van der Waals surface area contributed by atoms with Crippen LogP contribution in [0.3, 0.4) is 0 Å². The maximum absolute atomic E-state index is 9.36. The number of fused-ring (bicyclic) bond motifs is 3. The first-order valence-electron chi connectivity index (χ1n) is 7.02. The van der Waals surface area contributed by atoms with Crippen LogP contribution < -0.4 is 5.32 Å². The van der Waals surface area contributed by atoms with E-state index in [4.69, 9.17) is 0 Å². The maximum atomic E-state index is 9.36. The van der Waals surface area contributed by atoms with Crippen LogP contribution >= 0.6 is 11.3 Å². The third-order valence-corrected chi connectivity index (χ3v) is 4.68. The van der Waals surface area contributed by atoms with Gasteiger partial charge < -0.3 is 10.4 Å². The first-order chi connectivity index (χ1) is 10.1. The van der Waals surface area contributed by atoms with E-state index in [9.17, 15) is 5.11 Å². The maximum Gasteiger partial charge on any atom is 0.147 e. The normalized spacial score (nSPS) is 13.0. The number of hydrogen-bond acceptors (Lipinski definition) is 6. The molecule has 3 heterocycles. The monoisotopic (exact) mass is 302 g/mol. The Hall–Kier alpha value is -1.79. The van der Waals surface area contributed by atoms with Gasteiger partial charge in [-0.05, 0) is 31.9 Å². The summed E-state index contributed by atoms with van der Waals surface area (Å²) >= 11 is 1.60. The van der Waals surface area contributed by atoms with Gasteiger partial charge in [0.15, 0.2) is 0 Å². The fourth-order valence-corrected chi connectivity index (χ4v) is 3.69. The molecular formula is C15H18N4OS. The Kier molecular flexibility index (Phi) is 3.73. The topological polar surface area (TPSA) is 70.9 Å². The van der Waals surface area contributed by atoms with Gasteiger partial charge in [0.25, 0.3) is 0 Å². The summed E-state index contributed by atoms with van der Waals surface area (Å²) in [5.41, 5.74) is 3.13.